The summed E-state index contributed by atoms with van der Waals surface area (Å²) in [7, 11) is 3.48. The molecule has 25 heavy (non-hydrogen) atoms. The standard InChI is InChI=1S/C18H27ClN4O.HI/c1-13(15-10-6-7-11-16(15)19)21-18(20-12-17(24)23(2)3)22-14-8-4-5-9-14;/h6-7,10-11,13-14H,4-5,8-9,12H2,1-3H3,(H2,20,21,22);1H. The van der Waals surface area contributed by atoms with E-state index in [4.69, 9.17) is 11.6 Å². The summed E-state index contributed by atoms with van der Waals surface area (Å²) in [6, 6.07) is 8.19. The van der Waals surface area contributed by atoms with Gasteiger partial charge in [0.05, 0.1) is 6.04 Å². The predicted octanol–water partition coefficient (Wildman–Crippen LogP) is 3.59. The van der Waals surface area contributed by atoms with Crippen molar-refractivity contribution in [2.24, 2.45) is 4.99 Å². The number of guanidine groups is 1. The molecule has 5 nitrogen and oxygen atoms in total. The quantitative estimate of drug-likeness (QED) is 0.386. The number of benzene rings is 1. The number of hydrogen-bond donors (Lipinski definition) is 2. The molecule has 1 fully saturated rings. The number of likely N-dealkylation sites (N-methyl/N-ethyl adjacent to an activating group) is 1. The summed E-state index contributed by atoms with van der Waals surface area (Å²) in [5, 5.41) is 7.56. The minimum atomic E-state index is -0.0204. The maximum Gasteiger partial charge on any atom is 0.243 e. The van der Waals surface area contributed by atoms with Crippen molar-refractivity contribution in [1.29, 1.82) is 0 Å². The Balaban J connectivity index is 0.00000312. The first-order valence-corrected chi connectivity index (χ1v) is 8.87. The Morgan fingerprint density at radius 3 is 2.56 bits per heavy atom. The number of rotatable bonds is 5. The summed E-state index contributed by atoms with van der Waals surface area (Å²) in [4.78, 5) is 17.9. The molecule has 1 aromatic rings. The van der Waals surface area contributed by atoms with Gasteiger partial charge in [-0.25, -0.2) is 4.99 Å². The van der Waals surface area contributed by atoms with Crippen molar-refractivity contribution in [3.05, 3.63) is 34.9 Å². The third kappa shape index (κ3) is 7.01. The molecule has 1 unspecified atom stereocenters. The van der Waals surface area contributed by atoms with Crippen molar-refractivity contribution in [2.75, 3.05) is 20.6 Å². The lowest BCUT2D eigenvalue weighted by atomic mass is 10.1. The molecule has 7 heteroatoms. The zero-order valence-electron chi connectivity index (χ0n) is 15.1. The van der Waals surface area contributed by atoms with Crippen molar-refractivity contribution in [2.45, 2.75) is 44.7 Å². The molecule has 0 bridgehead atoms. The van der Waals surface area contributed by atoms with Gasteiger partial charge in [-0.3, -0.25) is 4.79 Å². The summed E-state index contributed by atoms with van der Waals surface area (Å²) in [6.45, 7) is 2.17. The molecule has 2 rings (SSSR count). The summed E-state index contributed by atoms with van der Waals surface area (Å²) < 4.78 is 0. The topological polar surface area (TPSA) is 56.7 Å². The minimum absolute atomic E-state index is 0. The third-order valence-electron chi connectivity index (χ3n) is 4.29. The van der Waals surface area contributed by atoms with E-state index in [-0.39, 0.29) is 42.5 Å². The van der Waals surface area contributed by atoms with Gasteiger partial charge in [0, 0.05) is 25.2 Å². The average Bonchev–Trinajstić information content (AvgIpc) is 3.05. The Labute approximate surface area is 172 Å². The summed E-state index contributed by atoms with van der Waals surface area (Å²) in [5.74, 6) is 0.650. The van der Waals surface area contributed by atoms with Crippen LogP contribution in [-0.4, -0.2) is 43.4 Å². The molecule has 1 aliphatic rings. The number of aliphatic imine (C=N–C) groups is 1. The smallest absolute Gasteiger partial charge is 0.243 e. The molecule has 0 radical (unpaired) electrons. The molecular weight excluding hydrogens is 451 g/mol. The third-order valence-corrected chi connectivity index (χ3v) is 4.64. The Kier molecular flexibility index (Phi) is 9.56. The first-order valence-electron chi connectivity index (χ1n) is 8.49. The second kappa shape index (κ2) is 10.9. The zero-order valence-corrected chi connectivity index (χ0v) is 18.2. The Bertz CT molecular complexity index is 588. The van der Waals surface area contributed by atoms with Crippen molar-refractivity contribution in [3.8, 4) is 0 Å². The van der Waals surface area contributed by atoms with Crippen LogP contribution >= 0.6 is 35.6 Å². The lowest BCUT2D eigenvalue weighted by molar-refractivity contribution is -0.127. The largest absolute Gasteiger partial charge is 0.354 e. The van der Waals surface area contributed by atoms with Crippen LogP contribution in [0.2, 0.25) is 5.02 Å². The minimum Gasteiger partial charge on any atom is -0.354 e. The lowest BCUT2D eigenvalue weighted by Gasteiger charge is -2.22. The average molecular weight is 479 g/mol. The van der Waals surface area contributed by atoms with E-state index in [1.165, 1.54) is 12.8 Å². The molecule has 0 spiro atoms. The fourth-order valence-corrected chi connectivity index (χ4v) is 3.09. The summed E-state index contributed by atoms with van der Waals surface area (Å²) in [5.41, 5.74) is 1.01. The second-order valence-electron chi connectivity index (χ2n) is 6.47. The van der Waals surface area contributed by atoms with Crippen molar-refractivity contribution in [3.63, 3.8) is 0 Å². The normalized spacial score (nSPS) is 16.1. The number of carbonyl (C=O) groups excluding carboxylic acids is 1. The zero-order chi connectivity index (χ0) is 17.5. The van der Waals surface area contributed by atoms with Crippen LogP contribution < -0.4 is 10.6 Å². The van der Waals surface area contributed by atoms with Crippen LogP contribution in [0, 0.1) is 0 Å². The van der Waals surface area contributed by atoms with E-state index in [0.29, 0.717) is 12.0 Å². The SMILES string of the molecule is CC(NC(=NCC(=O)N(C)C)NC1CCCC1)c1ccccc1Cl.I. The number of carbonyl (C=O) groups is 1. The molecule has 0 aliphatic heterocycles. The fourth-order valence-electron chi connectivity index (χ4n) is 2.79. The highest BCUT2D eigenvalue weighted by Crippen LogP contribution is 2.22. The van der Waals surface area contributed by atoms with Crippen LogP contribution in [0.15, 0.2) is 29.3 Å². The number of hydrogen-bond acceptors (Lipinski definition) is 2. The van der Waals surface area contributed by atoms with Gasteiger partial charge in [0.1, 0.15) is 6.54 Å². The van der Waals surface area contributed by atoms with E-state index in [2.05, 4.69) is 15.6 Å². The van der Waals surface area contributed by atoms with Crippen molar-refractivity contribution >= 4 is 47.4 Å². The van der Waals surface area contributed by atoms with Crippen LogP contribution in [0.4, 0.5) is 0 Å². The van der Waals surface area contributed by atoms with Gasteiger partial charge in [-0.2, -0.15) is 0 Å². The van der Waals surface area contributed by atoms with Gasteiger partial charge in [-0.1, -0.05) is 42.6 Å². The van der Waals surface area contributed by atoms with E-state index < -0.39 is 0 Å². The van der Waals surface area contributed by atoms with Gasteiger partial charge < -0.3 is 15.5 Å². The summed E-state index contributed by atoms with van der Waals surface area (Å²) >= 11 is 6.28. The van der Waals surface area contributed by atoms with Crippen LogP contribution in [0.5, 0.6) is 0 Å². The highest BCUT2D eigenvalue weighted by Gasteiger charge is 2.18. The van der Waals surface area contributed by atoms with Crippen molar-refractivity contribution in [1.82, 2.24) is 15.5 Å². The van der Waals surface area contributed by atoms with Gasteiger partial charge in [-0.05, 0) is 31.4 Å². The van der Waals surface area contributed by atoms with E-state index in [0.717, 1.165) is 23.4 Å². The maximum atomic E-state index is 11.8. The highest BCUT2D eigenvalue weighted by atomic mass is 127. The fraction of sp³-hybridized carbons (Fsp3) is 0.556. The number of halogens is 2. The van der Waals surface area contributed by atoms with Gasteiger partial charge in [-0.15, -0.1) is 24.0 Å². The first kappa shape index (κ1) is 22.0. The van der Waals surface area contributed by atoms with E-state index in [1.54, 1.807) is 19.0 Å². The van der Waals surface area contributed by atoms with Gasteiger partial charge >= 0.3 is 0 Å². The van der Waals surface area contributed by atoms with E-state index in [1.807, 2.05) is 31.2 Å². The van der Waals surface area contributed by atoms with Crippen LogP contribution in [0.3, 0.4) is 0 Å². The van der Waals surface area contributed by atoms with Crippen LogP contribution in [-0.2, 0) is 4.79 Å². The Morgan fingerprint density at radius 1 is 1.32 bits per heavy atom. The second-order valence-corrected chi connectivity index (χ2v) is 6.87. The molecule has 1 saturated carbocycles. The molecule has 140 valence electrons. The van der Waals surface area contributed by atoms with Crippen LogP contribution in [0.25, 0.3) is 0 Å². The van der Waals surface area contributed by atoms with Gasteiger partial charge in [0.2, 0.25) is 5.91 Å². The van der Waals surface area contributed by atoms with Crippen molar-refractivity contribution < 1.29 is 4.79 Å². The molecule has 0 aromatic heterocycles. The first-order chi connectivity index (χ1) is 11.5. The van der Waals surface area contributed by atoms with Gasteiger partial charge in [0.25, 0.3) is 0 Å². The van der Waals surface area contributed by atoms with E-state index >= 15 is 0 Å². The van der Waals surface area contributed by atoms with Crippen LogP contribution in [0.1, 0.15) is 44.2 Å². The Morgan fingerprint density at radius 2 is 1.96 bits per heavy atom. The predicted molar refractivity (Wildman–Crippen MR) is 115 cm³/mol. The Hall–Kier alpha value is -1.02. The molecule has 1 atom stereocenters. The van der Waals surface area contributed by atoms with Gasteiger partial charge in [0.15, 0.2) is 5.96 Å². The lowest BCUT2D eigenvalue weighted by Crippen LogP contribution is -2.44. The molecule has 1 amide bonds. The molecule has 1 aliphatic carbocycles. The monoisotopic (exact) mass is 478 g/mol. The molecular formula is C18H28ClIN4O. The molecule has 2 N–H and O–H groups in total. The van der Waals surface area contributed by atoms with E-state index in [9.17, 15) is 4.79 Å². The highest BCUT2D eigenvalue weighted by molar-refractivity contribution is 14.0. The number of amides is 1. The molecule has 0 saturated heterocycles. The molecule has 0 heterocycles. The summed E-state index contributed by atoms with van der Waals surface area (Å²) in [6.07, 6.45) is 4.76. The maximum absolute atomic E-state index is 11.8. The number of nitrogens with one attached hydrogen (secondary N) is 2. The molecule has 1 aromatic carbocycles. The number of nitrogens with zero attached hydrogens (tertiary/aromatic N) is 2.